The molecule has 0 radical (unpaired) electrons. The monoisotopic (exact) mass is 396 g/mol. The summed E-state index contributed by atoms with van der Waals surface area (Å²) in [6.45, 7) is 9.97. The van der Waals surface area contributed by atoms with E-state index in [1.165, 1.54) is 0 Å². The van der Waals surface area contributed by atoms with Crippen LogP contribution in [0, 0.1) is 13.8 Å². The topological polar surface area (TPSA) is 58.6 Å². The van der Waals surface area contributed by atoms with Crippen molar-refractivity contribution in [1.29, 1.82) is 0 Å². The molecule has 1 N–H and O–H groups in total. The summed E-state index contributed by atoms with van der Waals surface area (Å²) < 4.78 is 5.80. The van der Waals surface area contributed by atoms with Gasteiger partial charge in [0.05, 0.1) is 0 Å². The van der Waals surface area contributed by atoms with E-state index in [1.54, 1.807) is 4.90 Å². The molecule has 0 aliphatic heterocycles. The number of ether oxygens (including phenoxy) is 1. The van der Waals surface area contributed by atoms with Crippen LogP contribution in [-0.2, 0) is 16.1 Å². The quantitative estimate of drug-likeness (QED) is 0.697. The SMILES string of the molecule is CC[C@@H](C(=O)NC(C)C)N(Cc1ccccc1)C(=O)COc1ccc(C)cc1C. The number of benzene rings is 2. The van der Waals surface area contributed by atoms with E-state index >= 15 is 0 Å². The molecular weight excluding hydrogens is 364 g/mol. The van der Waals surface area contributed by atoms with Crippen LogP contribution >= 0.6 is 0 Å². The molecule has 0 saturated heterocycles. The van der Waals surface area contributed by atoms with Crippen LogP contribution in [0.25, 0.3) is 0 Å². The van der Waals surface area contributed by atoms with Gasteiger partial charge in [0.25, 0.3) is 5.91 Å². The molecule has 2 rings (SSSR count). The van der Waals surface area contributed by atoms with Gasteiger partial charge in [-0.15, -0.1) is 0 Å². The van der Waals surface area contributed by atoms with Gasteiger partial charge in [0.2, 0.25) is 5.91 Å². The molecular formula is C24H32N2O3. The minimum atomic E-state index is -0.548. The average Bonchev–Trinajstić information content (AvgIpc) is 2.67. The van der Waals surface area contributed by atoms with Crippen LogP contribution in [0.15, 0.2) is 48.5 Å². The highest BCUT2D eigenvalue weighted by molar-refractivity contribution is 5.88. The molecule has 0 bridgehead atoms. The Hall–Kier alpha value is -2.82. The van der Waals surface area contributed by atoms with Crippen molar-refractivity contribution in [3.63, 3.8) is 0 Å². The van der Waals surface area contributed by atoms with E-state index in [2.05, 4.69) is 5.32 Å². The van der Waals surface area contributed by atoms with Gasteiger partial charge in [-0.3, -0.25) is 9.59 Å². The van der Waals surface area contributed by atoms with Gasteiger partial charge in [-0.1, -0.05) is 55.0 Å². The number of carbonyl (C=O) groups is 2. The summed E-state index contributed by atoms with van der Waals surface area (Å²) in [5, 5.41) is 2.93. The predicted octanol–water partition coefficient (Wildman–Crippen LogP) is 4.01. The summed E-state index contributed by atoms with van der Waals surface area (Å²) in [7, 11) is 0. The largest absolute Gasteiger partial charge is 0.483 e. The van der Waals surface area contributed by atoms with Crippen molar-refractivity contribution in [1.82, 2.24) is 10.2 Å². The zero-order valence-corrected chi connectivity index (χ0v) is 18.1. The second-order valence-electron chi connectivity index (χ2n) is 7.65. The minimum absolute atomic E-state index is 0.0108. The van der Waals surface area contributed by atoms with Crippen molar-refractivity contribution in [2.75, 3.05) is 6.61 Å². The standard InChI is InChI=1S/C24H32N2O3/c1-6-21(24(28)25-17(2)3)26(15-20-10-8-7-9-11-20)23(27)16-29-22-13-12-18(4)14-19(22)5/h7-14,17,21H,6,15-16H2,1-5H3,(H,25,28)/t21-/m0/s1. The van der Waals surface area contributed by atoms with Gasteiger partial charge in [0.1, 0.15) is 11.8 Å². The van der Waals surface area contributed by atoms with E-state index in [-0.39, 0.29) is 24.5 Å². The summed E-state index contributed by atoms with van der Waals surface area (Å²) >= 11 is 0. The Morgan fingerprint density at radius 3 is 2.34 bits per heavy atom. The van der Waals surface area contributed by atoms with E-state index < -0.39 is 6.04 Å². The Bertz CT molecular complexity index is 818. The van der Waals surface area contributed by atoms with E-state index in [4.69, 9.17) is 4.74 Å². The lowest BCUT2D eigenvalue weighted by Crippen LogP contribution is -2.51. The van der Waals surface area contributed by atoms with E-state index in [0.29, 0.717) is 18.7 Å². The van der Waals surface area contributed by atoms with Crippen LogP contribution in [0.4, 0.5) is 0 Å². The number of aryl methyl sites for hydroxylation is 2. The summed E-state index contributed by atoms with van der Waals surface area (Å²) in [5.74, 6) is 0.334. The van der Waals surface area contributed by atoms with Crippen molar-refractivity contribution in [2.24, 2.45) is 0 Å². The summed E-state index contributed by atoms with van der Waals surface area (Å²) in [6, 6.07) is 15.0. The number of hydrogen-bond donors (Lipinski definition) is 1. The molecule has 5 nitrogen and oxygen atoms in total. The molecule has 0 aromatic heterocycles. The second kappa shape index (κ2) is 10.6. The van der Waals surface area contributed by atoms with Crippen molar-refractivity contribution in [2.45, 2.75) is 59.7 Å². The Balaban J connectivity index is 2.20. The molecule has 0 spiro atoms. The molecule has 156 valence electrons. The maximum atomic E-state index is 13.1. The summed E-state index contributed by atoms with van der Waals surface area (Å²) in [5.41, 5.74) is 3.10. The first-order valence-electron chi connectivity index (χ1n) is 10.2. The van der Waals surface area contributed by atoms with Crippen LogP contribution in [-0.4, -0.2) is 35.4 Å². The van der Waals surface area contributed by atoms with Crippen molar-refractivity contribution < 1.29 is 14.3 Å². The van der Waals surface area contributed by atoms with Crippen molar-refractivity contribution >= 4 is 11.8 Å². The van der Waals surface area contributed by atoms with Gasteiger partial charge in [-0.25, -0.2) is 0 Å². The van der Waals surface area contributed by atoms with E-state index in [9.17, 15) is 9.59 Å². The van der Waals surface area contributed by atoms with E-state index in [1.807, 2.05) is 83.1 Å². The molecule has 2 aromatic carbocycles. The maximum Gasteiger partial charge on any atom is 0.261 e. The summed E-state index contributed by atoms with van der Waals surface area (Å²) in [4.78, 5) is 27.5. The second-order valence-corrected chi connectivity index (χ2v) is 7.65. The number of hydrogen-bond acceptors (Lipinski definition) is 3. The minimum Gasteiger partial charge on any atom is -0.483 e. The Morgan fingerprint density at radius 1 is 1.07 bits per heavy atom. The highest BCUT2D eigenvalue weighted by Crippen LogP contribution is 2.19. The van der Waals surface area contributed by atoms with Crippen LogP contribution in [0.2, 0.25) is 0 Å². The fourth-order valence-electron chi connectivity index (χ4n) is 3.26. The Kier molecular flexibility index (Phi) is 8.25. The molecule has 0 unspecified atom stereocenters. The molecule has 0 aliphatic carbocycles. The first-order chi connectivity index (χ1) is 13.8. The highest BCUT2D eigenvalue weighted by Gasteiger charge is 2.29. The zero-order chi connectivity index (χ0) is 21.4. The number of nitrogens with zero attached hydrogens (tertiary/aromatic N) is 1. The predicted molar refractivity (Wildman–Crippen MR) is 116 cm³/mol. The van der Waals surface area contributed by atoms with Gasteiger partial charge in [0, 0.05) is 12.6 Å². The highest BCUT2D eigenvalue weighted by atomic mass is 16.5. The van der Waals surface area contributed by atoms with E-state index in [0.717, 1.165) is 16.7 Å². The molecule has 1 atom stereocenters. The van der Waals surface area contributed by atoms with Crippen LogP contribution in [0.5, 0.6) is 5.75 Å². The number of amides is 2. The average molecular weight is 397 g/mol. The van der Waals surface area contributed by atoms with Gasteiger partial charge in [0.15, 0.2) is 6.61 Å². The van der Waals surface area contributed by atoms with Crippen LogP contribution < -0.4 is 10.1 Å². The lowest BCUT2D eigenvalue weighted by molar-refractivity contribution is -0.143. The fraction of sp³-hybridized carbons (Fsp3) is 0.417. The molecule has 0 aliphatic rings. The first-order valence-corrected chi connectivity index (χ1v) is 10.2. The van der Waals surface area contributed by atoms with Gasteiger partial charge in [-0.2, -0.15) is 0 Å². The molecule has 0 saturated carbocycles. The van der Waals surface area contributed by atoms with Gasteiger partial charge >= 0.3 is 0 Å². The van der Waals surface area contributed by atoms with Crippen LogP contribution in [0.3, 0.4) is 0 Å². The smallest absolute Gasteiger partial charge is 0.261 e. The molecule has 29 heavy (non-hydrogen) atoms. The molecule has 2 amide bonds. The maximum absolute atomic E-state index is 13.1. The molecule has 2 aromatic rings. The third-order valence-corrected chi connectivity index (χ3v) is 4.69. The Morgan fingerprint density at radius 2 is 1.76 bits per heavy atom. The number of carbonyl (C=O) groups excluding carboxylic acids is 2. The number of rotatable bonds is 9. The molecule has 0 heterocycles. The molecule has 0 fully saturated rings. The Labute approximate surface area is 174 Å². The zero-order valence-electron chi connectivity index (χ0n) is 18.1. The normalized spacial score (nSPS) is 11.8. The first kappa shape index (κ1) is 22.5. The lowest BCUT2D eigenvalue weighted by Gasteiger charge is -2.31. The summed E-state index contributed by atoms with van der Waals surface area (Å²) in [6.07, 6.45) is 0.528. The van der Waals surface area contributed by atoms with Crippen LogP contribution in [0.1, 0.15) is 43.9 Å². The molecule has 5 heteroatoms. The third kappa shape index (κ3) is 6.63. The number of nitrogens with one attached hydrogen (secondary N) is 1. The third-order valence-electron chi connectivity index (χ3n) is 4.69. The van der Waals surface area contributed by atoms with Gasteiger partial charge < -0.3 is 15.0 Å². The fourth-order valence-corrected chi connectivity index (χ4v) is 3.26. The van der Waals surface area contributed by atoms with Crippen molar-refractivity contribution in [3.8, 4) is 5.75 Å². The lowest BCUT2D eigenvalue weighted by atomic mass is 10.1. The van der Waals surface area contributed by atoms with Gasteiger partial charge in [-0.05, 0) is 51.3 Å². The van der Waals surface area contributed by atoms with Crippen molar-refractivity contribution in [3.05, 3.63) is 65.2 Å².